The monoisotopic (exact) mass is 506 g/mol. The van der Waals surface area contributed by atoms with Gasteiger partial charge in [0.15, 0.2) is 5.03 Å². The lowest BCUT2D eigenvalue weighted by atomic mass is 9.89. The highest BCUT2D eigenvalue weighted by Gasteiger charge is 2.40. The Morgan fingerprint density at radius 3 is 2.41 bits per heavy atom. The third kappa shape index (κ3) is 4.53. The molecule has 3 aliphatic rings. The molecule has 0 spiro atoms. The number of amides is 1. The van der Waals surface area contributed by atoms with Gasteiger partial charge >= 0.3 is 0 Å². The van der Waals surface area contributed by atoms with Gasteiger partial charge in [0.2, 0.25) is 0 Å². The number of hydrogen-bond acceptors (Lipinski definition) is 5. The van der Waals surface area contributed by atoms with Crippen molar-refractivity contribution in [2.24, 2.45) is 17.0 Å². The lowest BCUT2D eigenvalue weighted by Gasteiger charge is -2.33. The number of rotatable bonds is 5. The normalized spacial score (nSPS) is 25.0. The van der Waals surface area contributed by atoms with E-state index in [0.29, 0.717) is 30.6 Å². The van der Waals surface area contributed by atoms with Crippen molar-refractivity contribution in [1.29, 1.82) is 0 Å². The third-order valence-electron chi connectivity index (χ3n) is 7.68. The van der Waals surface area contributed by atoms with E-state index in [1.165, 1.54) is 24.8 Å². The Balaban J connectivity index is 1.38. The molecule has 182 valence electrons. The second-order valence-corrected chi connectivity index (χ2v) is 11.6. The zero-order valence-electron chi connectivity index (χ0n) is 18.7. The Morgan fingerprint density at radius 1 is 1.12 bits per heavy atom. The molecule has 1 aliphatic heterocycles. The minimum Gasteiger partial charge on any atom is -0.380 e. The van der Waals surface area contributed by atoms with Crippen molar-refractivity contribution < 1.29 is 17.6 Å². The van der Waals surface area contributed by atoms with Gasteiger partial charge < -0.3 is 10.2 Å². The second-order valence-electron chi connectivity index (χ2n) is 9.75. The zero-order chi connectivity index (χ0) is 24.0. The number of sulfonamides is 1. The highest BCUT2D eigenvalue weighted by Crippen LogP contribution is 2.46. The van der Waals surface area contributed by atoms with Gasteiger partial charge in [-0.15, -0.1) is 0 Å². The minimum atomic E-state index is -4.14. The maximum absolute atomic E-state index is 13.5. The Morgan fingerprint density at radius 2 is 1.82 bits per heavy atom. The van der Waals surface area contributed by atoms with Crippen LogP contribution in [-0.4, -0.2) is 43.3 Å². The van der Waals surface area contributed by atoms with Crippen LogP contribution in [0.3, 0.4) is 0 Å². The molecule has 2 aromatic rings. The first-order valence-corrected chi connectivity index (χ1v) is 13.7. The van der Waals surface area contributed by atoms with Gasteiger partial charge in [-0.05, 0) is 67.6 Å². The summed E-state index contributed by atoms with van der Waals surface area (Å²) in [6, 6.07) is 6.65. The van der Waals surface area contributed by atoms with E-state index < -0.39 is 15.0 Å². The second kappa shape index (κ2) is 9.09. The summed E-state index contributed by atoms with van der Waals surface area (Å²) in [6.45, 7) is 1.06. The molecule has 3 N–H and O–H groups in total. The van der Waals surface area contributed by atoms with Crippen molar-refractivity contribution in [1.82, 2.24) is 9.88 Å². The van der Waals surface area contributed by atoms with Gasteiger partial charge in [-0.3, -0.25) is 4.79 Å². The fourth-order valence-corrected chi connectivity index (χ4v) is 6.98. The average Bonchev–Trinajstić information content (AvgIpc) is 3.43. The van der Waals surface area contributed by atoms with Crippen LogP contribution in [0.5, 0.6) is 0 Å². The largest absolute Gasteiger partial charge is 0.380 e. The number of nitrogens with zero attached hydrogens (tertiary/aromatic N) is 2. The summed E-state index contributed by atoms with van der Waals surface area (Å²) in [5.41, 5.74) is 1.64. The number of piperidine rings is 1. The lowest BCUT2D eigenvalue weighted by molar-refractivity contribution is 0.0713. The van der Waals surface area contributed by atoms with Crippen LogP contribution in [0, 0.1) is 17.7 Å². The van der Waals surface area contributed by atoms with Crippen LogP contribution in [0.4, 0.5) is 10.1 Å². The fraction of sp³-hybridized carbons (Fsp3) is 0.500. The van der Waals surface area contributed by atoms with E-state index in [4.69, 9.17) is 16.7 Å². The van der Waals surface area contributed by atoms with Crippen LogP contribution >= 0.6 is 11.6 Å². The first kappa shape index (κ1) is 23.5. The van der Waals surface area contributed by atoms with Gasteiger partial charge in [0.25, 0.3) is 15.9 Å². The molecule has 1 aromatic carbocycles. The Hall–Kier alpha value is -2.23. The summed E-state index contributed by atoms with van der Waals surface area (Å²) in [5, 5.41) is 8.18. The first-order chi connectivity index (χ1) is 16.2. The molecule has 2 saturated carbocycles. The predicted molar refractivity (Wildman–Crippen MR) is 128 cm³/mol. The molecule has 7 nitrogen and oxygen atoms in total. The number of fused-ring (bicyclic) bond motifs is 2. The topological polar surface area (TPSA) is 105 Å². The molecule has 2 bridgehead atoms. The molecule has 3 atom stereocenters. The lowest BCUT2D eigenvalue weighted by Crippen LogP contribution is -2.39. The van der Waals surface area contributed by atoms with Crippen molar-refractivity contribution in [3.8, 4) is 0 Å². The van der Waals surface area contributed by atoms with E-state index in [1.54, 1.807) is 17.0 Å². The molecule has 10 heteroatoms. The summed E-state index contributed by atoms with van der Waals surface area (Å²) in [7, 11) is -4.14. The number of pyridine rings is 1. The van der Waals surface area contributed by atoms with Gasteiger partial charge in [0.05, 0.1) is 11.3 Å². The van der Waals surface area contributed by atoms with Crippen molar-refractivity contribution in [2.75, 3.05) is 18.4 Å². The van der Waals surface area contributed by atoms with E-state index in [1.807, 2.05) is 0 Å². The van der Waals surface area contributed by atoms with Gasteiger partial charge in [-0.25, -0.2) is 22.9 Å². The van der Waals surface area contributed by atoms with E-state index in [-0.39, 0.29) is 34.3 Å². The number of carbonyl (C=O) groups is 1. The Kier molecular flexibility index (Phi) is 6.29. The SMILES string of the molecule is NS(=O)(=O)c1ncc(C(=O)N2CCC(c3ccc(F)cc3)CC2)c(N[C@H]2C[C@@H]3CC[C@@H]2C3)c1Cl. The predicted octanol–water partition coefficient (Wildman–Crippen LogP) is 4.14. The Labute approximate surface area is 203 Å². The molecule has 2 aliphatic carbocycles. The zero-order valence-corrected chi connectivity index (χ0v) is 20.3. The number of nitrogens with one attached hydrogen (secondary N) is 1. The quantitative estimate of drug-likeness (QED) is 0.634. The number of halogens is 2. The molecule has 3 fully saturated rings. The summed E-state index contributed by atoms with van der Waals surface area (Å²) < 4.78 is 37.3. The van der Waals surface area contributed by atoms with Crippen molar-refractivity contribution in [3.63, 3.8) is 0 Å². The van der Waals surface area contributed by atoms with Crippen molar-refractivity contribution >= 4 is 33.2 Å². The summed E-state index contributed by atoms with van der Waals surface area (Å²) in [4.78, 5) is 19.2. The fourth-order valence-electron chi connectivity index (χ4n) is 5.90. The van der Waals surface area contributed by atoms with Crippen LogP contribution in [0.1, 0.15) is 60.4 Å². The highest BCUT2D eigenvalue weighted by molar-refractivity contribution is 7.89. The molecule has 1 saturated heterocycles. The average molecular weight is 507 g/mol. The van der Waals surface area contributed by atoms with Crippen LogP contribution in [0.2, 0.25) is 5.02 Å². The maximum Gasteiger partial charge on any atom is 0.257 e. The van der Waals surface area contributed by atoms with E-state index in [9.17, 15) is 17.6 Å². The van der Waals surface area contributed by atoms with Crippen LogP contribution < -0.4 is 10.5 Å². The van der Waals surface area contributed by atoms with Crippen molar-refractivity contribution in [3.05, 3.63) is 52.4 Å². The number of benzene rings is 1. The smallest absolute Gasteiger partial charge is 0.257 e. The summed E-state index contributed by atoms with van der Waals surface area (Å²) in [5.74, 6) is 0.896. The van der Waals surface area contributed by atoms with Gasteiger partial charge in [-0.2, -0.15) is 0 Å². The number of primary sulfonamides is 1. The molecule has 2 heterocycles. The number of hydrogen-bond donors (Lipinski definition) is 2. The Bertz CT molecular complexity index is 1200. The third-order valence-corrected chi connectivity index (χ3v) is 9.01. The summed E-state index contributed by atoms with van der Waals surface area (Å²) >= 11 is 6.49. The number of nitrogens with two attached hydrogens (primary N) is 1. The van der Waals surface area contributed by atoms with Crippen LogP contribution in [0.15, 0.2) is 35.5 Å². The molecule has 0 radical (unpaired) electrons. The molecule has 5 rings (SSSR count). The van der Waals surface area contributed by atoms with Crippen molar-refractivity contribution in [2.45, 2.75) is 55.5 Å². The van der Waals surface area contributed by atoms with E-state index in [0.717, 1.165) is 37.7 Å². The molecule has 34 heavy (non-hydrogen) atoms. The number of aromatic nitrogens is 1. The van der Waals surface area contributed by atoms with Gasteiger partial charge in [0.1, 0.15) is 10.8 Å². The molecule has 1 amide bonds. The number of carbonyl (C=O) groups excluding carboxylic acids is 1. The van der Waals surface area contributed by atoms with Gasteiger partial charge in [0, 0.05) is 25.3 Å². The standard InChI is InChI=1S/C24H28ClFN4O3S/c25-21-22(29-20-12-14-1-2-17(20)11-14)19(13-28-23(21)34(27,32)33)24(31)30-9-7-16(8-10-30)15-3-5-18(26)6-4-15/h3-6,13-14,16-17,20H,1-2,7-12H2,(H,28,29)(H2,27,32,33)/t14-,17-,20+/m1/s1. The maximum atomic E-state index is 13.5. The number of likely N-dealkylation sites (tertiary alicyclic amines) is 1. The van der Waals surface area contributed by atoms with Crippen LogP contribution in [0.25, 0.3) is 0 Å². The highest BCUT2D eigenvalue weighted by atomic mass is 35.5. The summed E-state index contributed by atoms with van der Waals surface area (Å²) in [6.07, 6.45) is 7.23. The minimum absolute atomic E-state index is 0.127. The molecular weight excluding hydrogens is 479 g/mol. The molecular formula is C24H28ClFN4O3S. The van der Waals surface area contributed by atoms with E-state index in [2.05, 4.69) is 10.3 Å². The van der Waals surface area contributed by atoms with Gasteiger partial charge in [-0.1, -0.05) is 30.2 Å². The van der Waals surface area contributed by atoms with E-state index >= 15 is 0 Å². The number of anilines is 1. The molecule has 1 aromatic heterocycles. The molecule has 0 unspecified atom stereocenters. The first-order valence-electron chi connectivity index (χ1n) is 11.7. The van der Waals surface area contributed by atoms with Crippen LogP contribution in [-0.2, 0) is 10.0 Å².